The van der Waals surface area contributed by atoms with Crippen LogP contribution in [0.25, 0.3) is 0 Å². The molecule has 8 nitrogen and oxygen atoms in total. The standard InChI is InChI=1S/C50H91NO7/c1-6-8-10-12-14-16-18-19-20-21-22-23-24-25-26-27-28-29-31-33-35-37-39-41-49(53)58-46(44-56-43-42-47(50(54)55)51(3,4)5)45-57-48(52)40-38-36-34-32-30-17-15-13-11-9-7-2/h13,15,18-19,21-22,46-47H,6-12,14,16-17,20,23-45H2,1-5H3/p+1/b15-13-,19-18-,22-21-. The van der Waals surface area contributed by atoms with Gasteiger partial charge in [0.1, 0.15) is 6.61 Å². The number of hydrogen-bond donors (Lipinski definition) is 1. The maximum Gasteiger partial charge on any atom is 0.362 e. The number of aliphatic carboxylic acids is 1. The topological polar surface area (TPSA) is 99.1 Å². The Morgan fingerprint density at radius 2 is 0.931 bits per heavy atom. The Hall–Kier alpha value is -2.45. The number of unbranched alkanes of at least 4 members (excludes halogenated alkanes) is 23. The summed E-state index contributed by atoms with van der Waals surface area (Å²) < 4.78 is 17.3. The summed E-state index contributed by atoms with van der Waals surface area (Å²) in [6, 6.07) is -0.615. The molecule has 0 saturated carbocycles. The number of hydrogen-bond acceptors (Lipinski definition) is 6. The summed E-state index contributed by atoms with van der Waals surface area (Å²) in [5.74, 6) is -1.48. The van der Waals surface area contributed by atoms with Gasteiger partial charge < -0.3 is 23.8 Å². The van der Waals surface area contributed by atoms with E-state index in [2.05, 4.69) is 50.3 Å². The van der Waals surface area contributed by atoms with E-state index in [1.54, 1.807) is 0 Å². The first kappa shape index (κ1) is 55.5. The van der Waals surface area contributed by atoms with Crippen molar-refractivity contribution < 1.29 is 38.2 Å². The van der Waals surface area contributed by atoms with E-state index in [0.717, 1.165) is 57.8 Å². The highest BCUT2D eigenvalue weighted by Crippen LogP contribution is 2.15. The fourth-order valence-corrected chi connectivity index (χ4v) is 6.99. The smallest absolute Gasteiger partial charge is 0.362 e. The van der Waals surface area contributed by atoms with Gasteiger partial charge in [-0.3, -0.25) is 9.59 Å². The summed E-state index contributed by atoms with van der Waals surface area (Å²) >= 11 is 0. The minimum absolute atomic E-state index is 0.0547. The summed E-state index contributed by atoms with van der Waals surface area (Å²) in [4.78, 5) is 37.0. The summed E-state index contributed by atoms with van der Waals surface area (Å²) in [7, 11) is 5.53. The van der Waals surface area contributed by atoms with Gasteiger partial charge in [-0.2, -0.15) is 0 Å². The van der Waals surface area contributed by atoms with Crippen LogP contribution in [0.4, 0.5) is 0 Å². The predicted molar refractivity (Wildman–Crippen MR) is 243 cm³/mol. The molecule has 0 aromatic carbocycles. The fraction of sp³-hybridized carbons (Fsp3) is 0.820. The van der Waals surface area contributed by atoms with Gasteiger partial charge in [0.05, 0.1) is 34.4 Å². The van der Waals surface area contributed by atoms with E-state index in [4.69, 9.17) is 14.2 Å². The van der Waals surface area contributed by atoms with Gasteiger partial charge in [-0.05, 0) is 64.2 Å². The van der Waals surface area contributed by atoms with Crippen molar-refractivity contribution in [2.75, 3.05) is 41.0 Å². The minimum Gasteiger partial charge on any atom is -0.477 e. The first-order chi connectivity index (χ1) is 28.1. The molecule has 0 aromatic rings. The minimum atomic E-state index is -0.876. The zero-order valence-corrected chi connectivity index (χ0v) is 38.5. The second-order valence-electron chi connectivity index (χ2n) is 17.4. The highest BCUT2D eigenvalue weighted by atomic mass is 16.6. The number of ether oxygens (including phenoxy) is 3. The number of esters is 2. The summed E-state index contributed by atoms with van der Waals surface area (Å²) in [6.45, 7) is 4.69. The highest BCUT2D eigenvalue weighted by Gasteiger charge is 2.31. The van der Waals surface area contributed by atoms with Gasteiger partial charge in [0.25, 0.3) is 0 Å². The Balaban J connectivity index is 4.21. The highest BCUT2D eigenvalue weighted by molar-refractivity contribution is 5.72. The fourth-order valence-electron chi connectivity index (χ4n) is 6.99. The Morgan fingerprint density at radius 3 is 1.40 bits per heavy atom. The van der Waals surface area contributed by atoms with Crippen molar-refractivity contribution in [3.63, 3.8) is 0 Å². The van der Waals surface area contributed by atoms with Crippen molar-refractivity contribution in [1.29, 1.82) is 0 Å². The lowest BCUT2D eigenvalue weighted by Crippen LogP contribution is -2.50. The number of carbonyl (C=O) groups excluding carboxylic acids is 2. The Bertz CT molecular complexity index is 1050. The molecule has 338 valence electrons. The molecule has 0 aromatic heterocycles. The summed E-state index contributed by atoms with van der Waals surface area (Å²) in [6.07, 6.45) is 47.6. The second-order valence-corrected chi connectivity index (χ2v) is 17.4. The van der Waals surface area contributed by atoms with Crippen LogP contribution >= 0.6 is 0 Å². The van der Waals surface area contributed by atoms with Crippen molar-refractivity contribution in [2.45, 2.75) is 225 Å². The molecule has 0 aliphatic rings. The van der Waals surface area contributed by atoms with Gasteiger partial charge in [0, 0.05) is 19.3 Å². The Kier molecular flexibility index (Phi) is 39.5. The van der Waals surface area contributed by atoms with Crippen LogP contribution in [0.1, 0.15) is 213 Å². The molecule has 2 atom stereocenters. The van der Waals surface area contributed by atoms with E-state index >= 15 is 0 Å². The molecule has 2 unspecified atom stereocenters. The molecule has 58 heavy (non-hydrogen) atoms. The molecule has 0 saturated heterocycles. The lowest BCUT2D eigenvalue weighted by atomic mass is 10.0. The van der Waals surface area contributed by atoms with Gasteiger partial charge in [-0.25, -0.2) is 4.79 Å². The van der Waals surface area contributed by atoms with Crippen LogP contribution in [0.5, 0.6) is 0 Å². The summed E-state index contributed by atoms with van der Waals surface area (Å²) in [5.41, 5.74) is 0. The van der Waals surface area contributed by atoms with Crippen LogP contribution in [0.2, 0.25) is 0 Å². The maximum atomic E-state index is 12.8. The number of allylic oxidation sites excluding steroid dienone is 6. The number of nitrogens with zero attached hydrogens (tertiary/aromatic N) is 1. The lowest BCUT2D eigenvalue weighted by molar-refractivity contribution is -0.887. The van der Waals surface area contributed by atoms with Crippen molar-refractivity contribution >= 4 is 17.9 Å². The molecule has 0 amide bonds. The third-order valence-electron chi connectivity index (χ3n) is 10.8. The zero-order chi connectivity index (χ0) is 42.8. The normalized spacial score (nSPS) is 13.2. The van der Waals surface area contributed by atoms with E-state index in [1.165, 1.54) is 122 Å². The molecule has 0 bridgehead atoms. The summed E-state index contributed by atoms with van der Waals surface area (Å²) in [5, 5.41) is 9.62. The zero-order valence-electron chi connectivity index (χ0n) is 38.5. The van der Waals surface area contributed by atoms with Crippen LogP contribution in [-0.2, 0) is 28.6 Å². The Labute approximate surface area is 357 Å². The number of rotatable bonds is 43. The van der Waals surface area contributed by atoms with Crippen molar-refractivity contribution in [3.8, 4) is 0 Å². The molecule has 0 aliphatic heterocycles. The number of likely N-dealkylation sites (N-methyl/N-ethyl adjacent to an activating group) is 1. The first-order valence-corrected chi connectivity index (χ1v) is 24.0. The number of carbonyl (C=O) groups is 3. The second kappa shape index (κ2) is 41.3. The molecular formula is C50H92NO7+. The van der Waals surface area contributed by atoms with Crippen LogP contribution in [0.15, 0.2) is 36.5 Å². The molecule has 0 fully saturated rings. The quantitative estimate of drug-likeness (QED) is 0.0283. The number of carboxylic acid groups (broad SMARTS) is 1. The maximum absolute atomic E-state index is 12.8. The molecule has 0 rings (SSSR count). The van der Waals surface area contributed by atoms with Crippen LogP contribution in [0.3, 0.4) is 0 Å². The molecule has 8 heteroatoms. The van der Waals surface area contributed by atoms with Gasteiger partial charge in [-0.1, -0.05) is 166 Å². The molecular weight excluding hydrogens is 727 g/mol. The van der Waals surface area contributed by atoms with E-state index < -0.39 is 18.1 Å². The largest absolute Gasteiger partial charge is 0.477 e. The average molecular weight is 819 g/mol. The average Bonchev–Trinajstić information content (AvgIpc) is 3.18. The van der Waals surface area contributed by atoms with Crippen molar-refractivity contribution in [1.82, 2.24) is 0 Å². The van der Waals surface area contributed by atoms with Gasteiger partial charge in [0.15, 0.2) is 12.1 Å². The first-order valence-electron chi connectivity index (χ1n) is 24.0. The van der Waals surface area contributed by atoms with Crippen molar-refractivity contribution in [3.05, 3.63) is 36.5 Å². The van der Waals surface area contributed by atoms with Crippen LogP contribution < -0.4 is 0 Å². The van der Waals surface area contributed by atoms with Gasteiger partial charge in [-0.15, -0.1) is 0 Å². The lowest BCUT2D eigenvalue weighted by Gasteiger charge is -2.31. The third-order valence-corrected chi connectivity index (χ3v) is 10.8. The predicted octanol–water partition coefficient (Wildman–Crippen LogP) is 13.4. The van der Waals surface area contributed by atoms with E-state index in [1.807, 2.05) is 21.1 Å². The van der Waals surface area contributed by atoms with E-state index in [9.17, 15) is 19.5 Å². The van der Waals surface area contributed by atoms with Gasteiger partial charge >= 0.3 is 17.9 Å². The van der Waals surface area contributed by atoms with Gasteiger partial charge in [0.2, 0.25) is 0 Å². The van der Waals surface area contributed by atoms with E-state index in [-0.39, 0.29) is 36.2 Å². The molecule has 1 N–H and O–H groups in total. The number of carboxylic acids is 1. The SMILES string of the molecule is CCCC/C=C\CCCCCCCC(=O)OCC(COCCC(C(=O)O)[N+](C)(C)C)OC(=O)CCCCCCCCCCCCC/C=C\C/C=C\CCCCCCC. The van der Waals surface area contributed by atoms with Crippen LogP contribution in [-0.4, -0.2) is 80.6 Å². The Morgan fingerprint density at radius 1 is 0.517 bits per heavy atom. The number of quaternary nitrogens is 1. The molecule has 0 aliphatic carbocycles. The molecule has 0 radical (unpaired) electrons. The molecule has 0 heterocycles. The monoisotopic (exact) mass is 819 g/mol. The van der Waals surface area contributed by atoms with Crippen LogP contribution in [0, 0.1) is 0 Å². The van der Waals surface area contributed by atoms with E-state index in [0.29, 0.717) is 19.3 Å². The molecule has 0 spiro atoms. The van der Waals surface area contributed by atoms with Crippen molar-refractivity contribution in [2.24, 2.45) is 0 Å². The third kappa shape index (κ3) is 39.0.